The van der Waals surface area contributed by atoms with Crippen molar-refractivity contribution in [2.75, 3.05) is 20.3 Å². The summed E-state index contributed by atoms with van der Waals surface area (Å²) in [5.41, 5.74) is 0.854. The van der Waals surface area contributed by atoms with Crippen LogP contribution in [-0.2, 0) is 9.53 Å². The third kappa shape index (κ3) is 4.13. The highest BCUT2D eigenvalue weighted by atomic mass is 16.5. The van der Waals surface area contributed by atoms with E-state index in [1.807, 2.05) is 19.1 Å². The Hall–Kier alpha value is -1.97. The van der Waals surface area contributed by atoms with Crippen LogP contribution < -0.4 is 9.47 Å². The third-order valence-electron chi connectivity index (χ3n) is 2.19. The molecule has 0 aliphatic heterocycles. The number of rotatable bonds is 6. The maximum atomic E-state index is 11.2. The van der Waals surface area contributed by atoms with Crippen molar-refractivity contribution in [3.05, 3.63) is 29.8 Å². The molecule has 4 heteroatoms. The monoisotopic (exact) mass is 250 g/mol. The summed E-state index contributed by atoms with van der Waals surface area (Å²) in [7, 11) is 1.59. The first-order valence-electron chi connectivity index (χ1n) is 5.87. The van der Waals surface area contributed by atoms with E-state index in [9.17, 15) is 4.79 Å². The van der Waals surface area contributed by atoms with Crippen LogP contribution in [0.5, 0.6) is 11.5 Å². The zero-order valence-electron chi connectivity index (χ0n) is 10.9. The lowest BCUT2D eigenvalue weighted by molar-refractivity contribution is -0.137. The zero-order valence-corrected chi connectivity index (χ0v) is 10.9. The van der Waals surface area contributed by atoms with Gasteiger partial charge >= 0.3 is 5.97 Å². The van der Waals surface area contributed by atoms with Gasteiger partial charge in [0.05, 0.1) is 20.3 Å². The van der Waals surface area contributed by atoms with Crippen LogP contribution in [0.3, 0.4) is 0 Å². The van der Waals surface area contributed by atoms with Crippen LogP contribution in [0.25, 0.3) is 6.08 Å². The van der Waals surface area contributed by atoms with Crippen LogP contribution in [0.2, 0.25) is 0 Å². The number of carbonyl (C=O) groups is 1. The quantitative estimate of drug-likeness (QED) is 0.575. The highest BCUT2D eigenvalue weighted by molar-refractivity contribution is 5.87. The van der Waals surface area contributed by atoms with Gasteiger partial charge < -0.3 is 14.2 Å². The van der Waals surface area contributed by atoms with E-state index in [4.69, 9.17) is 14.2 Å². The molecule has 0 spiro atoms. The minimum absolute atomic E-state index is 0.355. The van der Waals surface area contributed by atoms with Gasteiger partial charge in [0, 0.05) is 6.08 Å². The van der Waals surface area contributed by atoms with E-state index in [1.165, 1.54) is 6.08 Å². The largest absolute Gasteiger partial charge is 0.493 e. The van der Waals surface area contributed by atoms with Crippen LogP contribution in [0, 0.1) is 0 Å². The fourth-order valence-corrected chi connectivity index (χ4v) is 1.42. The van der Waals surface area contributed by atoms with E-state index in [0.717, 1.165) is 5.56 Å². The molecule has 1 aromatic rings. The number of carbonyl (C=O) groups excluding carboxylic acids is 1. The summed E-state index contributed by atoms with van der Waals surface area (Å²) >= 11 is 0. The molecule has 0 fully saturated rings. The van der Waals surface area contributed by atoms with Crippen LogP contribution in [0.1, 0.15) is 19.4 Å². The molecule has 0 aliphatic rings. The molecular weight excluding hydrogens is 232 g/mol. The maximum absolute atomic E-state index is 11.2. The topological polar surface area (TPSA) is 44.8 Å². The van der Waals surface area contributed by atoms with E-state index >= 15 is 0 Å². The Morgan fingerprint density at radius 1 is 1.22 bits per heavy atom. The Labute approximate surface area is 107 Å². The van der Waals surface area contributed by atoms with Crippen molar-refractivity contribution in [3.8, 4) is 11.5 Å². The van der Waals surface area contributed by atoms with Crippen molar-refractivity contribution in [3.63, 3.8) is 0 Å². The molecule has 4 nitrogen and oxygen atoms in total. The standard InChI is InChI=1S/C14H18O4/c1-4-17-13-10-11(6-8-12(13)16-3)7-9-14(15)18-5-2/h6-10H,4-5H2,1-3H3. The van der Waals surface area contributed by atoms with Gasteiger partial charge in [0.25, 0.3) is 0 Å². The average molecular weight is 250 g/mol. The summed E-state index contributed by atoms with van der Waals surface area (Å²) in [5, 5.41) is 0. The molecule has 0 aromatic heterocycles. The number of benzene rings is 1. The van der Waals surface area contributed by atoms with Gasteiger partial charge in [0.15, 0.2) is 11.5 Å². The maximum Gasteiger partial charge on any atom is 0.330 e. The van der Waals surface area contributed by atoms with E-state index in [0.29, 0.717) is 24.7 Å². The molecule has 0 saturated carbocycles. The minimum atomic E-state index is -0.355. The molecule has 0 bridgehead atoms. The van der Waals surface area contributed by atoms with Crippen molar-refractivity contribution < 1.29 is 19.0 Å². The van der Waals surface area contributed by atoms with E-state index in [2.05, 4.69) is 0 Å². The Bertz CT molecular complexity index is 424. The number of methoxy groups -OCH3 is 1. The summed E-state index contributed by atoms with van der Waals surface area (Å²) in [4.78, 5) is 11.2. The van der Waals surface area contributed by atoms with Gasteiger partial charge in [0.1, 0.15) is 0 Å². The van der Waals surface area contributed by atoms with E-state index < -0.39 is 0 Å². The van der Waals surface area contributed by atoms with Crippen LogP contribution in [0.15, 0.2) is 24.3 Å². The predicted octanol–water partition coefficient (Wildman–Crippen LogP) is 2.67. The van der Waals surface area contributed by atoms with Crippen LogP contribution in [0.4, 0.5) is 0 Å². The first-order chi connectivity index (χ1) is 8.71. The highest BCUT2D eigenvalue weighted by Crippen LogP contribution is 2.28. The molecule has 1 rings (SSSR count). The molecule has 0 N–H and O–H groups in total. The summed E-state index contributed by atoms with van der Waals surface area (Å²) in [6, 6.07) is 5.46. The molecule has 0 atom stereocenters. The molecule has 98 valence electrons. The second kappa shape index (κ2) is 7.37. The highest BCUT2D eigenvalue weighted by Gasteiger charge is 2.04. The second-order valence-electron chi connectivity index (χ2n) is 3.43. The zero-order chi connectivity index (χ0) is 13.4. The molecule has 18 heavy (non-hydrogen) atoms. The van der Waals surface area contributed by atoms with Gasteiger partial charge in [-0.15, -0.1) is 0 Å². The molecule has 0 heterocycles. The van der Waals surface area contributed by atoms with Gasteiger partial charge in [0.2, 0.25) is 0 Å². The lowest BCUT2D eigenvalue weighted by Crippen LogP contribution is -1.99. The van der Waals surface area contributed by atoms with Crippen molar-refractivity contribution in [1.29, 1.82) is 0 Å². The van der Waals surface area contributed by atoms with Crippen molar-refractivity contribution in [1.82, 2.24) is 0 Å². The molecule has 1 aromatic carbocycles. The fourth-order valence-electron chi connectivity index (χ4n) is 1.42. The number of hydrogen-bond acceptors (Lipinski definition) is 4. The van der Waals surface area contributed by atoms with Crippen LogP contribution in [-0.4, -0.2) is 26.3 Å². The number of esters is 1. The smallest absolute Gasteiger partial charge is 0.330 e. The Morgan fingerprint density at radius 2 is 2.00 bits per heavy atom. The van der Waals surface area contributed by atoms with Crippen molar-refractivity contribution in [2.45, 2.75) is 13.8 Å². The predicted molar refractivity (Wildman–Crippen MR) is 69.8 cm³/mol. The summed E-state index contributed by atoms with van der Waals surface area (Å²) < 4.78 is 15.4. The summed E-state index contributed by atoms with van der Waals surface area (Å²) in [6.07, 6.45) is 3.07. The second-order valence-corrected chi connectivity index (χ2v) is 3.43. The number of hydrogen-bond donors (Lipinski definition) is 0. The van der Waals surface area contributed by atoms with Gasteiger partial charge in [-0.05, 0) is 37.6 Å². The summed E-state index contributed by atoms with van der Waals surface area (Å²) in [6.45, 7) is 4.60. The minimum Gasteiger partial charge on any atom is -0.493 e. The van der Waals surface area contributed by atoms with E-state index in [1.54, 1.807) is 26.2 Å². The first-order valence-corrected chi connectivity index (χ1v) is 5.87. The van der Waals surface area contributed by atoms with Gasteiger partial charge in [-0.1, -0.05) is 6.07 Å². The van der Waals surface area contributed by atoms with Crippen molar-refractivity contribution >= 4 is 12.0 Å². The van der Waals surface area contributed by atoms with E-state index in [-0.39, 0.29) is 5.97 Å². The SMILES string of the molecule is CCOC(=O)C=Cc1ccc(OC)c(OCC)c1. The first kappa shape index (κ1) is 14.1. The third-order valence-corrected chi connectivity index (χ3v) is 2.19. The lowest BCUT2D eigenvalue weighted by Gasteiger charge is -2.09. The van der Waals surface area contributed by atoms with Gasteiger partial charge in [-0.2, -0.15) is 0 Å². The molecule has 0 unspecified atom stereocenters. The molecule has 0 aliphatic carbocycles. The van der Waals surface area contributed by atoms with Gasteiger partial charge in [-0.3, -0.25) is 0 Å². The van der Waals surface area contributed by atoms with Crippen LogP contribution >= 0.6 is 0 Å². The Balaban J connectivity index is 2.84. The molecular formula is C14H18O4. The normalized spacial score (nSPS) is 10.4. The Kier molecular flexibility index (Phi) is 5.77. The molecule has 0 radical (unpaired) electrons. The Morgan fingerprint density at radius 3 is 2.61 bits per heavy atom. The van der Waals surface area contributed by atoms with Crippen molar-refractivity contribution in [2.24, 2.45) is 0 Å². The lowest BCUT2D eigenvalue weighted by atomic mass is 10.2. The summed E-state index contributed by atoms with van der Waals surface area (Å²) in [5.74, 6) is 0.974. The van der Waals surface area contributed by atoms with Gasteiger partial charge in [-0.25, -0.2) is 4.79 Å². The molecule has 0 saturated heterocycles. The fraction of sp³-hybridized carbons (Fsp3) is 0.357. The molecule has 0 amide bonds. The average Bonchev–Trinajstić information content (AvgIpc) is 2.37. The number of ether oxygens (including phenoxy) is 3.